The first-order valence-electron chi connectivity index (χ1n) is 8.68. The largest absolute Gasteiger partial charge is 0.426 e. The Labute approximate surface area is 158 Å². The third-order valence-electron chi connectivity index (χ3n) is 4.61. The van der Waals surface area contributed by atoms with Crippen LogP contribution < -0.4 is 4.74 Å². The summed E-state index contributed by atoms with van der Waals surface area (Å²) in [6, 6.07) is 9.69. The van der Waals surface area contributed by atoms with Gasteiger partial charge in [0.1, 0.15) is 11.6 Å². The van der Waals surface area contributed by atoms with E-state index in [0.29, 0.717) is 5.56 Å². The summed E-state index contributed by atoms with van der Waals surface area (Å²) in [6.07, 6.45) is -4.07. The number of alkyl halides is 3. The van der Waals surface area contributed by atoms with Crippen molar-refractivity contribution in [2.45, 2.75) is 19.0 Å². The lowest BCUT2D eigenvalue weighted by atomic mass is 9.96. The van der Waals surface area contributed by atoms with Crippen molar-refractivity contribution in [1.82, 2.24) is 4.90 Å². The summed E-state index contributed by atoms with van der Waals surface area (Å²) in [6.45, 7) is 0.522. The van der Waals surface area contributed by atoms with Gasteiger partial charge in [-0.05, 0) is 49.2 Å². The highest BCUT2D eigenvalue weighted by Crippen LogP contribution is 2.36. The number of hydrogen-bond donors (Lipinski definition) is 0. The van der Waals surface area contributed by atoms with Crippen LogP contribution in [0.2, 0.25) is 0 Å². The lowest BCUT2D eigenvalue weighted by molar-refractivity contribution is -0.145. The SMILES string of the molecule is O=C(Oc1ccccc1C(F)(F)F)C1CCN(C(=O)c2ccc(F)cc2)CC1. The van der Waals surface area contributed by atoms with Gasteiger partial charge in [0.25, 0.3) is 5.91 Å². The highest BCUT2D eigenvalue weighted by atomic mass is 19.4. The summed E-state index contributed by atoms with van der Waals surface area (Å²) in [5.74, 6) is -2.60. The molecule has 1 aliphatic heterocycles. The standard InChI is InChI=1S/C20H17F4NO3/c21-15-7-5-13(6-8-15)18(26)25-11-9-14(10-12-25)19(27)28-17-4-2-1-3-16(17)20(22,23)24/h1-8,14H,9-12H2. The highest BCUT2D eigenvalue weighted by Gasteiger charge is 2.36. The van der Waals surface area contributed by atoms with Gasteiger partial charge in [0, 0.05) is 18.7 Å². The Morgan fingerprint density at radius 3 is 2.18 bits per heavy atom. The average Bonchev–Trinajstić information content (AvgIpc) is 2.68. The van der Waals surface area contributed by atoms with Crippen LogP contribution in [0.4, 0.5) is 17.6 Å². The zero-order valence-corrected chi connectivity index (χ0v) is 14.7. The number of carbonyl (C=O) groups is 2. The molecule has 0 aliphatic carbocycles. The smallest absolute Gasteiger partial charge is 0.419 e. The van der Waals surface area contributed by atoms with E-state index >= 15 is 0 Å². The molecule has 0 unspecified atom stereocenters. The fraction of sp³-hybridized carbons (Fsp3) is 0.300. The number of piperidine rings is 1. The first-order chi connectivity index (χ1) is 13.3. The van der Waals surface area contributed by atoms with Crippen molar-refractivity contribution in [3.63, 3.8) is 0 Å². The predicted octanol–water partition coefficient (Wildman–Crippen LogP) is 4.30. The maximum absolute atomic E-state index is 13.0. The van der Waals surface area contributed by atoms with Gasteiger partial charge in [-0.1, -0.05) is 12.1 Å². The van der Waals surface area contributed by atoms with E-state index in [0.717, 1.165) is 12.1 Å². The number of benzene rings is 2. The van der Waals surface area contributed by atoms with E-state index in [1.54, 1.807) is 0 Å². The van der Waals surface area contributed by atoms with Crippen molar-refractivity contribution in [3.05, 3.63) is 65.5 Å². The summed E-state index contributed by atoms with van der Waals surface area (Å²) in [4.78, 5) is 26.2. The van der Waals surface area contributed by atoms with Crippen LogP contribution in [0.15, 0.2) is 48.5 Å². The molecule has 8 heteroatoms. The van der Waals surface area contributed by atoms with Gasteiger partial charge in [-0.3, -0.25) is 9.59 Å². The second-order valence-electron chi connectivity index (χ2n) is 6.49. The van der Waals surface area contributed by atoms with E-state index in [9.17, 15) is 27.2 Å². The lowest BCUT2D eigenvalue weighted by Crippen LogP contribution is -2.41. The van der Waals surface area contributed by atoms with E-state index in [1.165, 1.54) is 41.3 Å². The van der Waals surface area contributed by atoms with Crippen LogP contribution in [-0.4, -0.2) is 29.9 Å². The quantitative estimate of drug-likeness (QED) is 0.442. The van der Waals surface area contributed by atoms with Gasteiger partial charge in [-0.15, -0.1) is 0 Å². The number of rotatable bonds is 3. The third-order valence-corrected chi connectivity index (χ3v) is 4.61. The maximum atomic E-state index is 13.0. The van der Waals surface area contributed by atoms with E-state index in [2.05, 4.69) is 0 Å². The minimum Gasteiger partial charge on any atom is -0.426 e. The minimum absolute atomic E-state index is 0.261. The summed E-state index contributed by atoms with van der Waals surface area (Å²) in [5.41, 5.74) is -0.672. The molecule has 0 atom stereocenters. The van der Waals surface area contributed by atoms with E-state index in [1.807, 2.05) is 0 Å². The lowest BCUT2D eigenvalue weighted by Gasteiger charge is -2.31. The topological polar surface area (TPSA) is 46.6 Å². The van der Waals surface area contributed by atoms with Crippen molar-refractivity contribution < 1.29 is 31.9 Å². The Morgan fingerprint density at radius 1 is 0.964 bits per heavy atom. The van der Waals surface area contributed by atoms with Crippen LogP contribution in [0.5, 0.6) is 5.75 Å². The van der Waals surface area contributed by atoms with Gasteiger partial charge in [0.15, 0.2) is 0 Å². The highest BCUT2D eigenvalue weighted by molar-refractivity contribution is 5.94. The molecule has 4 nitrogen and oxygen atoms in total. The molecular formula is C20H17F4NO3. The third kappa shape index (κ3) is 4.49. The van der Waals surface area contributed by atoms with Crippen molar-refractivity contribution in [2.75, 3.05) is 13.1 Å². The molecule has 3 rings (SSSR count). The van der Waals surface area contributed by atoms with Crippen LogP contribution in [0.1, 0.15) is 28.8 Å². The fourth-order valence-corrected chi connectivity index (χ4v) is 3.07. The van der Waals surface area contributed by atoms with Crippen LogP contribution >= 0.6 is 0 Å². The maximum Gasteiger partial charge on any atom is 0.419 e. The van der Waals surface area contributed by atoms with Crippen molar-refractivity contribution in [1.29, 1.82) is 0 Å². The Balaban J connectivity index is 1.60. The molecule has 0 N–H and O–H groups in total. The monoisotopic (exact) mass is 395 g/mol. The Morgan fingerprint density at radius 2 is 1.57 bits per heavy atom. The van der Waals surface area contributed by atoms with Gasteiger partial charge in [-0.25, -0.2) is 4.39 Å². The minimum atomic E-state index is -4.62. The first-order valence-corrected chi connectivity index (χ1v) is 8.68. The molecular weight excluding hydrogens is 378 g/mol. The van der Waals surface area contributed by atoms with E-state index in [-0.39, 0.29) is 31.8 Å². The number of likely N-dealkylation sites (tertiary alicyclic amines) is 1. The number of ether oxygens (including phenoxy) is 1. The van der Waals surface area contributed by atoms with Gasteiger partial charge in [-0.2, -0.15) is 13.2 Å². The van der Waals surface area contributed by atoms with Gasteiger partial charge >= 0.3 is 12.1 Å². The molecule has 1 amide bonds. The molecule has 1 aliphatic rings. The number of hydrogen-bond acceptors (Lipinski definition) is 3. The molecule has 0 saturated carbocycles. The molecule has 1 saturated heterocycles. The number of halogens is 4. The van der Waals surface area contributed by atoms with Crippen LogP contribution in [-0.2, 0) is 11.0 Å². The summed E-state index contributed by atoms with van der Waals surface area (Å²) < 4.78 is 57.0. The summed E-state index contributed by atoms with van der Waals surface area (Å²) in [7, 11) is 0. The molecule has 1 heterocycles. The second-order valence-corrected chi connectivity index (χ2v) is 6.49. The molecule has 0 radical (unpaired) electrons. The second kappa shape index (κ2) is 8.00. The molecule has 28 heavy (non-hydrogen) atoms. The zero-order chi connectivity index (χ0) is 20.3. The predicted molar refractivity (Wildman–Crippen MR) is 92.1 cm³/mol. The van der Waals surface area contributed by atoms with Gasteiger partial charge in [0.2, 0.25) is 0 Å². The molecule has 0 spiro atoms. The Kier molecular flexibility index (Phi) is 5.67. The van der Waals surface area contributed by atoms with E-state index < -0.39 is 35.2 Å². The summed E-state index contributed by atoms with van der Waals surface area (Å²) >= 11 is 0. The van der Waals surface area contributed by atoms with Crippen molar-refractivity contribution >= 4 is 11.9 Å². The molecule has 0 bridgehead atoms. The Bertz CT molecular complexity index is 856. The van der Waals surface area contributed by atoms with Crippen molar-refractivity contribution in [3.8, 4) is 5.75 Å². The van der Waals surface area contributed by atoms with Crippen LogP contribution in [0.3, 0.4) is 0 Å². The van der Waals surface area contributed by atoms with Crippen LogP contribution in [0.25, 0.3) is 0 Å². The van der Waals surface area contributed by atoms with Crippen molar-refractivity contribution in [2.24, 2.45) is 5.92 Å². The van der Waals surface area contributed by atoms with Gasteiger partial charge in [0.05, 0.1) is 11.5 Å². The number of para-hydroxylation sites is 1. The molecule has 0 aromatic heterocycles. The number of nitrogens with zero attached hydrogens (tertiary/aromatic N) is 1. The molecule has 2 aromatic rings. The molecule has 148 valence electrons. The van der Waals surface area contributed by atoms with Gasteiger partial charge < -0.3 is 9.64 Å². The average molecular weight is 395 g/mol. The zero-order valence-electron chi connectivity index (χ0n) is 14.7. The molecule has 1 fully saturated rings. The number of carbonyl (C=O) groups excluding carboxylic acids is 2. The van der Waals surface area contributed by atoms with E-state index in [4.69, 9.17) is 4.74 Å². The first kappa shape index (κ1) is 19.9. The summed E-state index contributed by atoms with van der Waals surface area (Å²) in [5, 5.41) is 0. The Hall–Kier alpha value is -2.90. The molecule has 2 aromatic carbocycles. The number of esters is 1. The normalized spacial score (nSPS) is 15.4. The fourth-order valence-electron chi connectivity index (χ4n) is 3.07. The van der Waals surface area contributed by atoms with Crippen LogP contribution in [0, 0.1) is 11.7 Å². The number of amides is 1.